The number of nitrogens with zero attached hydrogens (tertiary/aromatic N) is 2. The van der Waals surface area contributed by atoms with Gasteiger partial charge in [0, 0.05) is 30.4 Å². The Morgan fingerprint density at radius 3 is 2.70 bits per heavy atom. The van der Waals surface area contributed by atoms with Crippen molar-refractivity contribution >= 4 is 17.7 Å². The number of benzene rings is 1. The van der Waals surface area contributed by atoms with Gasteiger partial charge in [-0.15, -0.1) is 11.8 Å². The number of thioether (sulfide) groups is 1. The third-order valence-corrected chi connectivity index (χ3v) is 4.17. The van der Waals surface area contributed by atoms with E-state index in [1.807, 2.05) is 47.5 Å². The van der Waals surface area contributed by atoms with E-state index in [0.717, 1.165) is 6.54 Å². The van der Waals surface area contributed by atoms with Crippen molar-refractivity contribution in [3.63, 3.8) is 0 Å². The largest absolute Gasteiger partial charge is 0.481 e. The van der Waals surface area contributed by atoms with Gasteiger partial charge in [0.25, 0.3) is 5.91 Å². The predicted octanol–water partition coefficient (Wildman–Crippen LogP) is 2.82. The van der Waals surface area contributed by atoms with E-state index in [1.54, 1.807) is 24.9 Å². The first-order valence-electron chi connectivity index (χ1n) is 7.64. The Morgan fingerprint density at radius 2 is 2.09 bits per heavy atom. The van der Waals surface area contributed by atoms with Crippen LogP contribution in [0.5, 0.6) is 5.75 Å². The van der Waals surface area contributed by atoms with Gasteiger partial charge in [0.1, 0.15) is 5.75 Å². The molecule has 1 heterocycles. The topological polar surface area (TPSA) is 56.1 Å². The van der Waals surface area contributed by atoms with Gasteiger partial charge in [-0.2, -0.15) is 5.10 Å². The zero-order valence-electron chi connectivity index (χ0n) is 13.7. The zero-order chi connectivity index (χ0) is 16.7. The van der Waals surface area contributed by atoms with Gasteiger partial charge < -0.3 is 10.1 Å². The molecule has 5 nitrogen and oxygen atoms in total. The molecule has 0 bridgehead atoms. The molecule has 0 spiro atoms. The minimum atomic E-state index is -0.521. The highest BCUT2D eigenvalue weighted by molar-refractivity contribution is 7.98. The van der Waals surface area contributed by atoms with Crippen LogP contribution in [0, 0.1) is 5.92 Å². The standard InChI is InChI=1S/C17H23N3O2S/c1-13(12-20-10-4-9-19-20)11-18-17(21)14(2)22-15-5-7-16(23-3)8-6-15/h4-10,13-14H,11-12H2,1-3H3,(H,18,21)/t13-,14+/m1/s1. The Balaban J connectivity index is 1.75. The first kappa shape index (κ1) is 17.4. The van der Waals surface area contributed by atoms with Crippen LogP contribution < -0.4 is 10.1 Å². The van der Waals surface area contributed by atoms with Gasteiger partial charge in [0.15, 0.2) is 6.10 Å². The Hall–Kier alpha value is -1.95. The van der Waals surface area contributed by atoms with Crippen molar-refractivity contribution in [2.24, 2.45) is 5.92 Å². The van der Waals surface area contributed by atoms with E-state index in [1.165, 1.54) is 4.90 Å². The summed E-state index contributed by atoms with van der Waals surface area (Å²) < 4.78 is 7.54. The lowest BCUT2D eigenvalue weighted by molar-refractivity contribution is -0.127. The first-order valence-corrected chi connectivity index (χ1v) is 8.87. The Kier molecular flexibility index (Phi) is 6.52. The Morgan fingerprint density at radius 1 is 1.35 bits per heavy atom. The monoisotopic (exact) mass is 333 g/mol. The lowest BCUT2D eigenvalue weighted by atomic mass is 10.2. The van der Waals surface area contributed by atoms with Gasteiger partial charge in [0.05, 0.1) is 0 Å². The van der Waals surface area contributed by atoms with E-state index < -0.39 is 6.10 Å². The van der Waals surface area contributed by atoms with Crippen LogP contribution in [-0.4, -0.2) is 34.6 Å². The highest BCUT2D eigenvalue weighted by atomic mass is 32.2. The van der Waals surface area contributed by atoms with Crippen LogP contribution in [0.25, 0.3) is 0 Å². The molecule has 0 saturated heterocycles. The van der Waals surface area contributed by atoms with E-state index in [-0.39, 0.29) is 5.91 Å². The third kappa shape index (κ3) is 5.63. The maximum Gasteiger partial charge on any atom is 0.260 e. The molecular weight excluding hydrogens is 310 g/mol. The highest BCUT2D eigenvalue weighted by Gasteiger charge is 2.15. The van der Waals surface area contributed by atoms with E-state index in [0.29, 0.717) is 18.2 Å². The number of hydrogen-bond acceptors (Lipinski definition) is 4. The van der Waals surface area contributed by atoms with E-state index >= 15 is 0 Å². The van der Waals surface area contributed by atoms with Crippen molar-refractivity contribution in [1.82, 2.24) is 15.1 Å². The molecule has 1 N–H and O–H groups in total. The highest BCUT2D eigenvalue weighted by Crippen LogP contribution is 2.19. The number of nitrogens with one attached hydrogen (secondary N) is 1. The number of carbonyl (C=O) groups is 1. The lowest BCUT2D eigenvalue weighted by Crippen LogP contribution is -2.39. The first-order chi connectivity index (χ1) is 11.1. The fraction of sp³-hybridized carbons (Fsp3) is 0.412. The van der Waals surface area contributed by atoms with Crippen LogP contribution in [0.1, 0.15) is 13.8 Å². The number of hydrogen-bond donors (Lipinski definition) is 1. The molecule has 1 amide bonds. The second-order valence-electron chi connectivity index (χ2n) is 5.51. The van der Waals surface area contributed by atoms with Crippen molar-refractivity contribution in [1.29, 1.82) is 0 Å². The SMILES string of the molecule is CSc1ccc(O[C@@H](C)C(=O)NC[C@@H](C)Cn2cccn2)cc1. The molecule has 2 atom stereocenters. The van der Waals surface area contributed by atoms with Gasteiger partial charge in [-0.3, -0.25) is 9.48 Å². The summed E-state index contributed by atoms with van der Waals surface area (Å²) in [5.74, 6) is 0.896. The van der Waals surface area contributed by atoms with E-state index in [9.17, 15) is 4.79 Å². The normalized spacial score (nSPS) is 13.3. The Labute approximate surface area is 141 Å². The summed E-state index contributed by atoms with van der Waals surface area (Å²) in [5.41, 5.74) is 0. The molecule has 1 aromatic heterocycles. The zero-order valence-corrected chi connectivity index (χ0v) is 14.5. The molecule has 1 aromatic carbocycles. The molecule has 0 aliphatic carbocycles. The molecule has 6 heteroatoms. The third-order valence-electron chi connectivity index (χ3n) is 3.42. The van der Waals surface area contributed by atoms with Crippen molar-refractivity contribution in [2.45, 2.75) is 31.4 Å². The number of rotatable bonds is 8. The van der Waals surface area contributed by atoms with Crippen LogP contribution in [-0.2, 0) is 11.3 Å². The summed E-state index contributed by atoms with van der Waals surface area (Å²) in [6, 6.07) is 9.63. The maximum absolute atomic E-state index is 12.1. The molecule has 0 fully saturated rings. The van der Waals surface area contributed by atoms with Crippen molar-refractivity contribution < 1.29 is 9.53 Å². The van der Waals surface area contributed by atoms with Crippen molar-refractivity contribution in [3.05, 3.63) is 42.7 Å². The average Bonchev–Trinajstić information content (AvgIpc) is 3.06. The van der Waals surface area contributed by atoms with Crippen LogP contribution in [0.2, 0.25) is 0 Å². The minimum absolute atomic E-state index is 0.105. The molecular formula is C17H23N3O2S. The van der Waals surface area contributed by atoms with Crippen molar-refractivity contribution in [2.75, 3.05) is 12.8 Å². The van der Waals surface area contributed by atoms with Crippen LogP contribution in [0.4, 0.5) is 0 Å². The summed E-state index contributed by atoms with van der Waals surface area (Å²) in [5, 5.41) is 7.09. The number of aromatic nitrogens is 2. The van der Waals surface area contributed by atoms with Gasteiger partial charge in [-0.05, 0) is 49.4 Å². The minimum Gasteiger partial charge on any atom is -0.481 e. The second-order valence-corrected chi connectivity index (χ2v) is 6.39. The van der Waals surface area contributed by atoms with Crippen LogP contribution >= 0.6 is 11.8 Å². The fourth-order valence-electron chi connectivity index (χ4n) is 2.12. The molecule has 0 radical (unpaired) electrons. The van der Waals surface area contributed by atoms with Crippen LogP contribution in [0.15, 0.2) is 47.6 Å². The fourth-order valence-corrected chi connectivity index (χ4v) is 2.53. The lowest BCUT2D eigenvalue weighted by Gasteiger charge is -2.17. The van der Waals surface area contributed by atoms with Gasteiger partial charge in [0.2, 0.25) is 0 Å². The van der Waals surface area contributed by atoms with Gasteiger partial charge in [-0.25, -0.2) is 0 Å². The Bertz CT molecular complexity index is 599. The molecule has 0 aliphatic heterocycles. The molecule has 124 valence electrons. The average molecular weight is 333 g/mol. The summed E-state index contributed by atoms with van der Waals surface area (Å²) in [6.45, 7) is 5.21. The van der Waals surface area contributed by atoms with Crippen LogP contribution in [0.3, 0.4) is 0 Å². The quantitative estimate of drug-likeness (QED) is 0.755. The molecule has 0 saturated carbocycles. The van der Waals surface area contributed by atoms with Gasteiger partial charge in [-0.1, -0.05) is 6.92 Å². The van der Waals surface area contributed by atoms with E-state index in [4.69, 9.17) is 4.74 Å². The summed E-state index contributed by atoms with van der Waals surface area (Å²) in [7, 11) is 0. The molecule has 23 heavy (non-hydrogen) atoms. The summed E-state index contributed by atoms with van der Waals surface area (Å²) >= 11 is 1.67. The number of ether oxygens (including phenoxy) is 1. The number of carbonyl (C=O) groups excluding carboxylic acids is 1. The molecule has 2 rings (SSSR count). The predicted molar refractivity (Wildman–Crippen MR) is 92.7 cm³/mol. The summed E-state index contributed by atoms with van der Waals surface area (Å²) in [6.07, 6.45) is 5.18. The molecule has 0 aliphatic rings. The summed E-state index contributed by atoms with van der Waals surface area (Å²) in [4.78, 5) is 13.3. The molecule has 0 unspecified atom stereocenters. The maximum atomic E-state index is 12.1. The number of amides is 1. The smallest absolute Gasteiger partial charge is 0.260 e. The van der Waals surface area contributed by atoms with Crippen molar-refractivity contribution in [3.8, 4) is 5.75 Å². The van der Waals surface area contributed by atoms with Gasteiger partial charge >= 0.3 is 0 Å². The second kappa shape index (κ2) is 8.62. The molecule has 2 aromatic rings. The van der Waals surface area contributed by atoms with E-state index in [2.05, 4.69) is 17.3 Å².